The predicted molar refractivity (Wildman–Crippen MR) is 79.3 cm³/mol. The summed E-state index contributed by atoms with van der Waals surface area (Å²) in [6.45, 7) is 0. The highest BCUT2D eigenvalue weighted by atomic mass is 19.1. The second kappa shape index (κ2) is 5.40. The standard InChI is InChI=1S/C16H12FN3O2/c1-18-15(21)14-12-7-2-3-8-13(12)20(19-14)16(22)10-5-4-6-11(17)9-10/h2-9H,1H3,(H,18,21). The minimum absolute atomic E-state index is 0.155. The summed E-state index contributed by atoms with van der Waals surface area (Å²) in [5.41, 5.74) is 0.815. The summed E-state index contributed by atoms with van der Waals surface area (Å²) in [5.74, 6) is -1.39. The van der Waals surface area contributed by atoms with Gasteiger partial charge in [-0.05, 0) is 24.3 Å². The zero-order valence-corrected chi connectivity index (χ0v) is 11.7. The molecule has 0 fully saturated rings. The van der Waals surface area contributed by atoms with Crippen LogP contribution in [0.5, 0.6) is 0 Å². The van der Waals surface area contributed by atoms with Gasteiger partial charge >= 0.3 is 0 Å². The number of halogens is 1. The zero-order chi connectivity index (χ0) is 15.7. The van der Waals surface area contributed by atoms with E-state index in [-0.39, 0.29) is 17.2 Å². The molecule has 0 aliphatic rings. The Bertz CT molecular complexity index is 886. The number of hydrogen-bond donors (Lipinski definition) is 1. The van der Waals surface area contributed by atoms with Crippen molar-refractivity contribution in [2.45, 2.75) is 0 Å². The Labute approximate surface area is 125 Å². The topological polar surface area (TPSA) is 64.0 Å². The van der Waals surface area contributed by atoms with E-state index in [1.807, 2.05) is 0 Å². The van der Waals surface area contributed by atoms with Gasteiger partial charge in [0, 0.05) is 18.0 Å². The zero-order valence-electron chi connectivity index (χ0n) is 11.7. The summed E-state index contributed by atoms with van der Waals surface area (Å²) < 4.78 is 14.4. The molecule has 110 valence electrons. The van der Waals surface area contributed by atoms with E-state index >= 15 is 0 Å². The molecule has 0 aliphatic carbocycles. The van der Waals surface area contributed by atoms with Gasteiger partial charge in [-0.1, -0.05) is 24.3 Å². The normalized spacial score (nSPS) is 10.6. The number of nitrogens with zero attached hydrogens (tertiary/aromatic N) is 2. The van der Waals surface area contributed by atoms with E-state index in [4.69, 9.17) is 0 Å². The molecule has 0 radical (unpaired) electrons. The maximum atomic E-state index is 13.3. The summed E-state index contributed by atoms with van der Waals surface area (Å²) in [6.07, 6.45) is 0. The van der Waals surface area contributed by atoms with E-state index in [9.17, 15) is 14.0 Å². The number of carbonyl (C=O) groups is 2. The molecule has 3 aromatic rings. The fraction of sp³-hybridized carbons (Fsp3) is 0.0625. The molecule has 6 heteroatoms. The van der Waals surface area contributed by atoms with Gasteiger partial charge in [-0.15, -0.1) is 0 Å². The van der Waals surface area contributed by atoms with Crippen LogP contribution in [0.2, 0.25) is 0 Å². The predicted octanol–water partition coefficient (Wildman–Crippen LogP) is 2.22. The third kappa shape index (κ3) is 2.24. The van der Waals surface area contributed by atoms with Crippen LogP contribution in [0.4, 0.5) is 4.39 Å². The Kier molecular flexibility index (Phi) is 3.42. The number of fused-ring (bicyclic) bond motifs is 1. The first-order valence-corrected chi connectivity index (χ1v) is 6.62. The smallest absolute Gasteiger partial charge is 0.278 e. The van der Waals surface area contributed by atoms with Crippen molar-refractivity contribution in [2.75, 3.05) is 7.05 Å². The van der Waals surface area contributed by atoms with Crippen LogP contribution < -0.4 is 5.32 Å². The highest BCUT2D eigenvalue weighted by Gasteiger charge is 2.20. The lowest BCUT2D eigenvalue weighted by Crippen LogP contribution is -2.20. The van der Waals surface area contributed by atoms with Gasteiger partial charge in [-0.25, -0.2) is 4.39 Å². The first-order valence-electron chi connectivity index (χ1n) is 6.62. The van der Waals surface area contributed by atoms with Crippen molar-refractivity contribution < 1.29 is 14.0 Å². The van der Waals surface area contributed by atoms with Crippen LogP contribution >= 0.6 is 0 Å². The average molecular weight is 297 g/mol. The highest BCUT2D eigenvalue weighted by molar-refractivity contribution is 6.09. The SMILES string of the molecule is CNC(=O)c1nn(C(=O)c2cccc(F)c2)c2ccccc12. The third-order valence-corrected chi connectivity index (χ3v) is 3.29. The number of aromatic nitrogens is 2. The van der Waals surface area contributed by atoms with Gasteiger partial charge in [-0.3, -0.25) is 9.59 Å². The van der Waals surface area contributed by atoms with E-state index in [2.05, 4.69) is 10.4 Å². The molecular formula is C16H12FN3O2. The second-order valence-electron chi connectivity index (χ2n) is 4.67. The molecule has 0 spiro atoms. The summed E-state index contributed by atoms with van der Waals surface area (Å²) in [7, 11) is 1.49. The van der Waals surface area contributed by atoms with Crippen LogP contribution in [0.3, 0.4) is 0 Å². The van der Waals surface area contributed by atoms with E-state index in [1.54, 1.807) is 24.3 Å². The van der Waals surface area contributed by atoms with Crippen molar-refractivity contribution >= 4 is 22.7 Å². The molecule has 5 nitrogen and oxygen atoms in total. The number of hydrogen-bond acceptors (Lipinski definition) is 3. The number of para-hydroxylation sites is 1. The number of nitrogens with one attached hydrogen (secondary N) is 1. The van der Waals surface area contributed by atoms with Gasteiger partial charge in [0.1, 0.15) is 5.82 Å². The van der Waals surface area contributed by atoms with Crippen molar-refractivity contribution in [3.8, 4) is 0 Å². The van der Waals surface area contributed by atoms with Gasteiger partial charge in [0.25, 0.3) is 11.8 Å². The molecule has 22 heavy (non-hydrogen) atoms. The third-order valence-electron chi connectivity index (χ3n) is 3.29. The summed E-state index contributed by atoms with van der Waals surface area (Å²) in [4.78, 5) is 24.4. The average Bonchev–Trinajstić information content (AvgIpc) is 2.93. The van der Waals surface area contributed by atoms with Crippen molar-refractivity contribution in [1.29, 1.82) is 0 Å². The Balaban J connectivity index is 2.19. The van der Waals surface area contributed by atoms with Crippen molar-refractivity contribution in [1.82, 2.24) is 15.1 Å². The quantitative estimate of drug-likeness (QED) is 0.789. The lowest BCUT2D eigenvalue weighted by Gasteiger charge is -2.02. The Morgan fingerprint density at radius 3 is 2.64 bits per heavy atom. The molecule has 0 saturated heterocycles. The van der Waals surface area contributed by atoms with E-state index in [0.717, 1.165) is 10.7 Å². The summed E-state index contributed by atoms with van der Waals surface area (Å²) >= 11 is 0. The fourth-order valence-electron chi connectivity index (χ4n) is 2.25. The first-order chi connectivity index (χ1) is 10.6. The van der Waals surface area contributed by atoms with E-state index in [1.165, 1.54) is 25.2 Å². The van der Waals surface area contributed by atoms with Crippen LogP contribution in [0, 0.1) is 5.82 Å². The molecule has 1 aromatic heterocycles. The van der Waals surface area contributed by atoms with Crippen LogP contribution in [-0.4, -0.2) is 28.6 Å². The van der Waals surface area contributed by atoms with Crippen molar-refractivity contribution in [3.63, 3.8) is 0 Å². The van der Waals surface area contributed by atoms with Crippen molar-refractivity contribution in [3.05, 3.63) is 65.6 Å². The molecule has 0 unspecified atom stereocenters. The first kappa shape index (κ1) is 13.9. The molecule has 1 amide bonds. The van der Waals surface area contributed by atoms with Gasteiger partial charge in [0.05, 0.1) is 5.52 Å². The fourth-order valence-corrected chi connectivity index (χ4v) is 2.25. The van der Waals surface area contributed by atoms with Gasteiger partial charge in [0.15, 0.2) is 5.69 Å². The molecule has 0 atom stereocenters. The molecule has 0 aliphatic heterocycles. The molecule has 3 rings (SSSR count). The maximum Gasteiger partial charge on any atom is 0.278 e. The van der Waals surface area contributed by atoms with Crippen LogP contribution in [0.1, 0.15) is 20.8 Å². The monoisotopic (exact) mass is 297 g/mol. The molecular weight excluding hydrogens is 285 g/mol. The Hall–Kier alpha value is -3.02. The lowest BCUT2D eigenvalue weighted by atomic mass is 10.2. The van der Waals surface area contributed by atoms with Crippen LogP contribution in [0.15, 0.2) is 48.5 Å². The second-order valence-corrected chi connectivity index (χ2v) is 4.67. The highest BCUT2D eigenvalue weighted by Crippen LogP contribution is 2.19. The summed E-state index contributed by atoms with van der Waals surface area (Å²) in [5, 5.41) is 7.15. The molecule has 0 bridgehead atoms. The van der Waals surface area contributed by atoms with E-state index < -0.39 is 11.7 Å². The summed E-state index contributed by atoms with van der Waals surface area (Å²) in [6, 6.07) is 12.2. The van der Waals surface area contributed by atoms with Gasteiger partial charge in [-0.2, -0.15) is 9.78 Å². The minimum atomic E-state index is -0.506. The molecule has 1 heterocycles. The maximum absolute atomic E-state index is 13.3. The van der Waals surface area contributed by atoms with Gasteiger partial charge in [0.2, 0.25) is 0 Å². The van der Waals surface area contributed by atoms with Gasteiger partial charge < -0.3 is 5.32 Å². The van der Waals surface area contributed by atoms with Crippen LogP contribution in [-0.2, 0) is 0 Å². The lowest BCUT2D eigenvalue weighted by molar-refractivity contribution is 0.0943. The largest absolute Gasteiger partial charge is 0.354 e. The number of carbonyl (C=O) groups excluding carboxylic acids is 2. The van der Waals surface area contributed by atoms with Crippen molar-refractivity contribution in [2.24, 2.45) is 0 Å². The molecule has 0 saturated carbocycles. The molecule has 2 aromatic carbocycles. The minimum Gasteiger partial charge on any atom is -0.354 e. The Morgan fingerprint density at radius 1 is 1.14 bits per heavy atom. The number of rotatable bonds is 2. The number of amides is 1. The molecule has 1 N–H and O–H groups in total. The number of benzene rings is 2. The van der Waals surface area contributed by atoms with Crippen LogP contribution in [0.25, 0.3) is 10.9 Å². The van der Waals surface area contributed by atoms with E-state index in [0.29, 0.717) is 10.9 Å². The Morgan fingerprint density at radius 2 is 1.91 bits per heavy atom.